The molecule has 1 aliphatic carbocycles. The van der Waals surface area contributed by atoms with Crippen LogP contribution in [0.4, 0.5) is 0 Å². The van der Waals surface area contributed by atoms with Crippen LogP contribution in [0.3, 0.4) is 0 Å². The molecule has 1 aromatic carbocycles. The van der Waals surface area contributed by atoms with Crippen molar-refractivity contribution in [1.82, 2.24) is 9.88 Å². The number of β-amino-alcohol motifs (C(OH)–C–C–N with tert-alkyl or cyclic N) is 1. The lowest BCUT2D eigenvalue weighted by Gasteiger charge is -2.48. The molecule has 0 radical (unpaired) electrons. The summed E-state index contributed by atoms with van der Waals surface area (Å²) in [6, 6.07) is 6.44. The number of aromatic amines is 1. The maximum atomic E-state index is 11.8. The molecule has 1 aromatic heterocycles. The molecule has 2 heterocycles. The summed E-state index contributed by atoms with van der Waals surface area (Å²) < 4.78 is 22.3. The minimum Gasteiger partial charge on any atom is -0.382 e. The van der Waals surface area contributed by atoms with Gasteiger partial charge in [-0.15, -0.1) is 0 Å². The highest BCUT2D eigenvalue weighted by molar-refractivity contribution is 5.98. The van der Waals surface area contributed by atoms with E-state index in [-0.39, 0.29) is 12.3 Å². The second-order valence-corrected chi connectivity index (χ2v) is 8.49. The van der Waals surface area contributed by atoms with E-state index in [1.807, 2.05) is 19.9 Å². The third-order valence-corrected chi connectivity index (χ3v) is 6.59. The van der Waals surface area contributed by atoms with Crippen LogP contribution in [0.1, 0.15) is 25.0 Å². The normalized spacial score (nSPS) is 25.3. The van der Waals surface area contributed by atoms with Gasteiger partial charge in [0.1, 0.15) is 11.8 Å². The molecular weight excluding hydrogens is 396 g/mol. The molecular formula is C24H34N2O5. The fourth-order valence-corrected chi connectivity index (χ4v) is 4.82. The van der Waals surface area contributed by atoms with Gasteiger partial charge in [0.15, 0.2) is 0 Å². The molecule has 2 aliphatic rings. The van der Waals surface area contributed by atoms with Crippen LogP contribution in [0, 0.1) is 0 Å². The second-order valence-electron chi connectivity index (χ2n) is 8.49. The van der Waals surface area contributed by atoms with Gasteiger partial charge in [-0.3, -0.25) is 4.90 Å². The van der Waals surface area contributed by atoms with Crippen LogP contribution in [-0.2, 0) is 25.4 Å². The average Bonchev–Trinajstić information content (AvgIpc) is 3.18. The van der Waals surface area contributed by atoms with Crippen molar-refractivity contribution in [2.75, 3.05) is 47.2 Å². The summed E-state index contributed by atoms with van der Waals surface area (Å²) >= 11 is 0. The number of ether oxygens (including phenoxy) is 4. The number of benzene rings is 1. The van der Waals surface area contributed by atoms with Crippen LogP contribution in [0.2, 0.25) is 0 Å². The predicted molar refractivity (Wildman–Crippen MR) is 120 cm³/mol. The number of nitrogens with one attached hydrogen (secondary N) is 1. The molecule has 170 valence electrons. The van der Waals surface area contributed by atoms with Crippen LogP contribution in [-0.4, -0.2) is 86.2 Å². The van der Waals surface area contributed by atoms with Crippen LogP contribution < -0.4 is 0 Å². The lowest BCUT2D eigenvalue weighted by atomic mass is 9.77. The van der Waals surface area contributed by atoms with Crippen molar-refractivity contribution in [2.24, 2.45) is 0 Å². The zero-order valence-electron chi connectivity index (χ0n) is 18.9. The van der Waals surface area contributed by atoms with Gasteiger partial charge in [0.05, 0.1) is 32.5 Å². The largest absolute Gasteiger partial charge is 0.382 e. The highest BCUT2D eigenvalue weighted by atomic mass is 16.5. The number of aromatic nitrogens is 1. The topological polar surface area (TPSA) is 76.2 Å². The minimum absolute atomic E-state index is 0.123. The SMILES string of the molecule is COCCOC(C)N1C[C@](O)(C(C)OCCOC)C=C2c3cccc4[nH]cc(c34)C[C@H]21. The highest BCUT2D eigenvalue weighted by Gasteiger charge is 2.46. The van der Waals surface area contributed by atoms with Crippen LogP contribution >= 0.6 is 0 Å². The molecule has 2 aromatic rings. The summed E-state index contributed by atoms with van der Waals surface area (Å²) in [6.45, 7) is 6.36. The number of nitrogens with zero attached hydrogens (tertiary/aromatic N) is 1. The van der Waals surface area contributed by atoms with Gasteiger partial charge in [-0.25, -0.2) is 0 Å². The van der Waals surface area contributed by atoms with E-state index in [1.54, 1.807) is 14.2 Å². The van der Waals surface area contributed by atoms with E-state index in [0.29, 0.717) is 33.0 Å². The van der Waals surface area contributed by atoms with E-state index < -0.39 is 11.7 Å². The van der Waals surface area contributed by atoms with E-state index in [0.717, 1.165) is 17.5 Å². The van der Waals surface area contributed by atoms with Crippen LogP contribution in [0.5, 0.6) is 0 Å². The third-order valence-electron chi connectivity index (χ3n) is 6.59. The molecule has 7 nitrogen and oxygen atoms in total. The first-order valence-electron chi connectivity index (χ1n) is 11.0. The molecule has 7 heteroatoms. The molecule has 0 saturated carbocycles. The van der Waals surface area contributed by atoms with Gasteiger partial charge < -0.3 is 29.0 Å². The Labute approximate surface area is 183 Å². The Hall–Kier alpha value is -1.74. The third kappa shape index (κ3) is 4.31. The molecule has 0 saturated heterocycles. The lowest BCUT2D eigenvalue weighted by Crippen LogP contribution is -2.60. The summed E-state index contributed by atoms with van der Waals surface area (Å²) in [5.41, 5.74) is 3.59. The summed E-state index contributed by atoms with van der Waals surface area (Å²) in [6.07, 6.45) is 4.43. The van der Waals surface area contributed by atoms with E-state index in [9.17, 15) is 5.11 Å². The number of fused-ring (bicyclic) bond motifs is 2. The van der Waals surface area contributed by atoms with E-state index in [1.165, 1.54) is 16.5 Å². The van der Waals surface area contributed by atoms with Gasteiger partial charge in [-0.1, -0.05) is 12.1 Å². The first-order chi connectivity index (χ1) is 15.0. The minimum atomic E-state index is -1.14. The van der Waals surface area contributed by atoms with Crippen molar-refractivity contribution in [1.29, 1.82) is 0 Å². The zero-order chi connectivity index (χ0) is 22.0. The molecule has 0 spiro atoms. The molecule has 4 rings (SSSR count). The van der Waals surface area contributed by atoms with Crippen LogP contribution in [0.15, 0.2) is 30.5 Å². The van der Waals surface area contributed by atoms with Crippen molar-refractivity contribution in [2.45, 2.75) is 44.2 Å². The Bertz CT molecular complexity index is 926. The number of H-pyrrole nitrogens is 1. The van der Waals surface area contributed by atoms with Crippen molar-refractivity contribution < 1.29 is 24.1 Å². The second kappa shape index (κ2) is 9.40. The Balaban J connectivity index is 1.71. The van der Waals surface area contributed by atoms with Crippen molar-refractivity contribution in [3.05, 3.63) is 41.6 Å². The number of hydrogen-bond acceptors (Lipinski definition) is 6. The van der Waals surface area contributed by atoms with Gasteiger partial charge >= 0.3 is 0 Å². The van der Waals surface area contributed by atoms with Crippen molar-refractivity contribution in [3.8, 4) is 0 Å². The van der Waals surface area contributed by atoms with Gasteiger partial charge in [-0.05, 0) is 49.1 Å². The van der Waals surface area contributed by atoms with Crippen molar-refractivity contribution in [3.63, 3.8) is 0 Å². The monoisotopic (exact) mass is 430 g/mol. The molecule has 2 unspecified atom stereocenters. The summed E-state index contributed by atoms with van der Waals surface area (Å²) in [5, 5.41) is 13.0. The average molecular weight is 431 g/mol. The molecule has 31 heavy (non-hydrogen) atoms. The molecule has 1 aliphatic heterocycles. The molecule has 0 fully saturated rings. The quantitative estimate of drug-likeness (QED) is 0.565. The zero-order valence-corrected chi connectivity index (χ0v) is 18.9. The van der Waals surface area contributed by atoms with E-state index in [2.05, 4.69) is 34.3 Å². The fourth-order valence-electron chi connectivity index (χ4n) is 4.82. The summed E-state index contributed by atoms with van der Waals surface area (Å²) in [5.74, 6) is 0. The maximum Gasteiger partial charge on any atom is 0.122 e. The Kier molecular flexibility index (Phi) is 6.81. The summed E-state index contributed by atoms with van der Waals surface area (Å²) in [4.78, 5) is 5.66. The maximum absolute atomic E-state index is 11.8. The Morgan fingerprint density at radius 3 is 2.61 bits per heavy atom. The van der Waals surface area contributed by atoms with E-state index >= 15 is 0 Å². The molecule has 2 N–H and O–H groups in total. The smallest absolute Gasteiger partial charge is 0.122 e. The van der Waals surface area contributed by atoms with Gasteiger partial charge in [0, 0.05) is 43.9 Å². The van der Waals surface area contributed by atoms with Crippen LogP contribution in [0.25, 0.3) is 16.5 Å². The lowest BCUT2D eigenvalue weighted by molar-refractivity contribution is -0.136. The molecule has 0 amide bonds. The molecule has 0 bridgehead atoms. The number of rotatable bonds is 10. The first-order valence-corrected chi connectivity index (χ1v) is 11.0. The Morgan fingerprint density at radius 2 is 1.87 bits per heavy atom. The number of aliphatic hydroxyl groups is 1. The first kappa shape index (κ1) is 22.5. The standard InChI is InChI=1S/C24H34N2O5/c1-16(30-10-8-28-3)24(27)13-20-19-6-5-7-21-23(19)18(14-25-21)12-22(20)26(15-24)17(2)31-11-9-29-4/h5-7,13-14,16-17,22,25,27H,8-12,15H2,1-4H3/t16?,17?,22-,24+/m1/s1. The molecule has 4 atom stereocenters. The van der Waals surface area contributed by atoms with Gasteiger partial charge in [-0.2, -0.15) is 0 Å². The number of hydrogen-bond donors (Lipinski definition) is 2. The summed E-state index contributed by atoms with van der Waals surface area (Å²) in [7, 11) is 3.32. The fraction of sp³-hybridized carbons (Fsp3) is 0.583. The van der Waals surface area contributed by atoms with Crippen molar-refractivity contribution >= 4 is 16.5 Å². The van der Waals surface area contributed by atoms with E-state index in [4.69, 9.17) is 18.9 Å². The van der Waals surface area contributed by atoms with Gasteiger partial charge in [0.2, 0.25) is 0 Å². The Morgan fingerprint density at radius 1 is 1.13 bits per heavy atom. The van der Waals surface area contributed by atoms with Gasteiger partial charge in [0.25, 0.3) is 0 Å². The predicted octanol–water partition coefficient (Wildman–Crippen LogP) is 2.58. The number of methoxy groups -OCH3 is 2. The highest BCUT2D eigenvalue weighted by Crippen LogP contribution is 2.43.